The van der Waals surface area contributed by atoms with Crippen LogP contribution < -0.4 is 8.92 Å². The quantitative estimate of drug-likeness (QED) is 0.392. The van der Waals surface area contributed by atoms with Crippen LogP contribution in [0.3, 0.4) is 0 Å². The number of benzene rings is 3. The van der Waals surface area contributed by atoms with E-state index in [2.05, 4.69) is 13.8 Å². The highest BCUT2D eigenvalue weighted by atomic mass is 32.2. The van der Waals surface area contributed by atoms with Crippen molar-refractivity contribution in [2.75, 3.05) is 0 Å². The predicted molar refractivity (Wildman–Crippen MR) is 119 cm³/mol. The van der Waals surface area contributed by atoms with Gasteiger partial charge in [0.15, 0.2) is 5.76 Å². The molecule has 0 saturated heterocycles. The molecule has 0 bridgehead atoms. The minimum atomic E-state index is -3.99. The summed E-state index contributed by atoms with van der Waals surface area (Å²) in [5, 5.41) is 0. The van der Waals surface area contributed by atoms with Gasteiger partial charge in [0.25, 0.3) is 0 Å². The van der Waals surface area contributed by atoms with Gasteiger partial charge in [-0.1, -0.05) is 55.8 Å². The molecule has 1 heterocycles. The minimum Gasteiger partial charge on any atom is -0.452 e. The number of ketones is 1. The van der Waals surface area contributed by atoms with Crippen LogP contribution in [0.15, 0.2) is 77.4 Å². The van der Waals surface area contributed by atoms with E-state index >= 15 is 0 Å². The van der Waals surface area contributed by atoms with Crippen molar-refractivity contribution in [1.29, 1.82) is 0 Å². The van der Waals surface area contributed by atoms with E-state index in [9.17, 15) is 13.2 Å². The topological polar surface area (TPSA) is 69.7 Å². The van der Waals surface area contributed by atoms with E-state index in [1.165, 1.54) is 35.9 Å². The molecule has 0 fully saturated rings. The lowest BCUT2D eigenvalue weighted by molar-refractivity contribution is 0.101. The van der Waals surface area contributed by atoms with Gasteiger partial charge in [0, 0.05) is 6.07 Å². The molecule has 0 atom stereocenters. The van der Waals surface area contributed by atoms with Crippen molar-refractivity contribution in [3.05, 3.63) is 94.7 Å². The van der Waals surface area contributed by atoms with Crippen LogP contribution in [-0.2, 0) is 10.1 Å². The molecule has 0 radical (unpaired) electrons. The van der Waals surface area contributed by atoms with Crippen LogP contribution in [-0.4, -0.2) is 14.2 Å². The first-order chi connectivity index (χ1) is 14.7. The van der Waals surface area contributed by atoms with Crippen molar-refractivity contribution in [3.63, 3.8) is 0 Å². The number of fused-ring (bicyclic) bond motifs is 1. The van der Waals surface area contributed by atoms with Crippen LogP contribution >= 0.6 is 0 Å². The van der Waals surface area contributed by atoms with E-state index in [0.29, 0.717) is 11.5 Å². The molecule has 5 nitrogen and oxygen atoms in total. The molecule has 1 aliphatic rings. The minimum absolute atomic E-state index is 0.0565. The summed E-state index contributed by atoms with van der Waals surface area (Å²) in [4.78, 5) is 12.7. The number of rotatable bonds is 5. The third-order valence-corrected chi connectivity index (χ3v) is 6.32. The Morgan fingerprint density at radius 1 is 0.935 bits per heavy atom. The van der Waals surface area contributed by atoms with E-state index in [1.54, 1.807) is 18.2 Å². The van der Waals surface area contributed by atoms with Gasteiger partial charge in [-0.05, 0) is 54.3 Å². The highest BCUT2D eigenvalue weighted by molar-refractivity contribution is 7.87. The molecular weight excluding hydrogens is 412 g/mol. The van der Waals surface area contributed by atoms with Crippen molar-refractivity contribution in [1.82, 2.24) is 0 Å². The zero-order chi connectivity index (χ0) is 22.2. The number of hydrogen-bond acceptors (Lipinski definition) is 5. The Hall–Kier alpha value is -3.38. The molecule has 0 N–H and O–H groups in total. The molecule has 1 aliphatic heterocycles. The summed E-state index contributed by atoms with van der Waals surface area (Å²) in [5.41, 5.74) is 3.37. The van der Waals surface area contributed by atoms with Crippen LogP contribution in [0.2, 0.25) is 0 Å². The monoisotopic (exact) mass is 434 g/mol. The molecule has 158 valence electrons. The number of allylic oxidation sites excluding steroid dienone is 1. The normalized spacial score (nSPS) is 14.6. The Morgan fingerprint density at radius 3 is 2.26 bits per heavy atom. The average molecular weight is 435 g/mol. The van der Waals surface area contributed by atoms with Crippen molar-refractivity contribution in [2.45, 2.75) is 31.6 Å². The highest BCUT2D eigenvalue weighted by Crippen LogP contribution is 2.35. The van der Waals surface area contributed by atoms with Crippen LogP contribution in [0.5, 0.6) is 11.5 Å². The lowest BCUT2D eigenvalue weighted by Crippen LogP contribution is -2.09. The second-order valence-corrected chi connectivity index (χ2v) is 9.32. The van der Waals surface area contributed by atoms with Gasteiger partial charge >= 0.3 is 10.1 Å². The molecule has 6 heteroatoms. The van der Waals surface area contributed by atoms with Crippen LogP contribution in [0.25, 0.3) is 6.08 Å². The van der Waals surface area contributed by atoms with Gasteiger partial charge in [0.1, 0.15) is 16.4 Å². The summed E-state index contributed by atoms with van der Waals surface area (Å²) in [5.74, 6) is 0.702. The molecule has 0 spiro atoms. The fraction of sp³-hybridized carbons (Fsp3) is 0.160. The molecular formula is C25H22O5S. The lowest BCUT2D eigenvalue weighted by atomic mass is 10.0. The van der Waals surface area contributed by atoms with Crippen LogP contribution in [0.4, 0.5) is 0 Å². The third-order valence-electron chi connectivity index (χ3n) is 5.06. The molecule has 3 aromatic carbocycles. The van der Waals surface area contributed by atoms with Crippen molar-refractivity contribution in [3.8, 4) is 11.5 Å². The fourth-order valence-corrected chi connectivity index (χ4v) is 4.15. The van der Waals surface area contributed by atoms with Gasteiger partial charge in [-0.15, -0.1) is 0 Å². The predicted octanol–water partition coefficient (Wildman–Crippen LogP) is 5.50. The first kappa shape index (κ1) is 20.9. The number of ether oxygens (including phenoxy) is 1. The fourth-order valence-electron chi connectivity index (χ4n) is 3.23. The number of aryl methyl sites for hydroxylation is 1. The maximum Gasteiger partial charge on any atom is 0.339 e. The summed E-state index contributed by atoms with van der Waals surface area (Å²) in [7, 11) is -3.99. The molecule has 0 aliphatic carbocycles. The van der Waals surface area contributed by atoms with Gasteiger partial charge < -0.3 is 8.92 Å². The summed E-state index contributed by atoms with van der Waals surface area (Å²) in [6.07, 6.45) is 1.68. The van der Waals surface area contributed by atoms with E-state index in [4.69, 9.17) is 8.92 Å². The molecule has 3 aromatic rings. The van der Waals surface area contributed by atoms with Gasteiger partial charge in [-0.25, -0.2) is 0 Å². The Kier molecular flexibility index (Phi) is 5.41. The summed E-state index contributed by atoms with van der Waals surface area (Å²) < 4.78 is 36.0. The van der Waals surface area contributed by atoms with Crippen molar-refractivity contribution < 1.29 is 22.1 Å². The van der Waals surface area contributed by atoms with E-state index in [0.717, 1.165) is 11.1 Å². The standard InChI is InChI=1S/C25H22O5S/c1-16(2)19-8-6-18(7-9-19)14-24-25(26)22-13-10-20(15-23(22)29-24)30-31(27,28)21-11-4-17(3)5-12-21/h4-16H,1-3H3/b24-14-. The Morgan fingerprint density at radius 2 is 1.61 bits per heavy atom. The van der Waals surface area contributed by atoms with Crippen molar-refractivity contribution >= 4 is 22.0 Å². The van der Waals surface area contributed by atoms with E-state index < -0.39 is 10.1 Å². The van der Waals surface area contributed by atoms with Crippen LogP contribution in [0.1, 0.15) is 46.8 Å². The molecule has 0 amide bonds. The maximum atomic E-state index is 12.7. The molecule has 31 heavy (non-hydrogen) atoms. The average Bonchev–Trinajstić information content (AvgIpc) is 3.03. The number of hydrogen-bond donors (Lipinski definition) is 0. The Balaban J connectivity index is 1.56. The Labute approximate surface area is 182 Å². The summed E-state index contributed by atoms with van der Waals surface area (Å²) in [6.45, 7) is 6.11. The lowest BCUT2D eigenvalue weighted by Gasteiger charge is -2.08. The maximum absolute atomic E-state index is 12.7. The number of carbonyl (C=O) groups is 1. The smallest absolute Gasteiger partial charge is 0.339 e. The first-order valence-electron chi connectivity index (χ1n) is 9.92. The SMILES string of the molecule is Cc1ccc(S(=O)(=O)Oc2ccc3c(c2)O/C(=C\c2ccc(C(C)C)cc2)C3=O)cc1. The second kappa shape index (κ2) is 8.04. The Bertz CT molecular complexity index is 1270. The summed E-state index contributed by atoms with van der Waals surface area (Å²) in [6, 6.07) is 18.7. The molecule has 4 rings (SSSR count). The zero-order valence-corrected chi connectivity index (χ0v) is 18.3. The van der Waals surface area contributed by atoms with E-state index in [-0.39, 0.29) is 27.9 Å². The van der Waals surface area contributed by atoms with E-state index in [1.807, 2.05) is 31.2 Å². The molecule has 0 unspecified atom stereocenters. The van der Waals surface area contributed by atoms with Gasteiger partial charge in [0.05, 0.1) is 5.56 Å². The highest BCUT2D eigenvalue weighted by Gasteiger charge is 2.28. The van der Waals surface area contributed by atoms with Gasteiger partial charge in [-0.2, -0.15) is 8.42 Å². The third kappa shape index (κ3) is 4.39. The molecule has 0 aromatic heterocycles. The number of carbonyl (C=O) groups excluding carboxylic acids is 1. The zero-order valence-electron chi connectivity index (χ0n) is 17.5. The van der Waals surface area contributed by atoms with Crippen molar-refractivity contribution in [2.24, 2.45) is 0 Å². The number of Topliss-reactive ketones (excluding diaryl/α,β-unsaturated/α-hetero) is 1. The van der Waals surface area contributed by atoms with Crippen LogP contribution in [0, 0.1) is 6.92 Å². The van der Waals surface area contributed by atoms with Gasteiger partial charge in [0.2, 0.25) is 5.78 Å². The molecule has 0 saturated carbocycles. The second-order valence-electron chi connectivity index (χ2n) is 7.77. The first-order valence-corrected chi connectivity index (χ1v) is 11.3. The summed E-state index contributed by atoms with van der Waals surface area (Å²) >= 11 is 0. The largest absolute Gasteiger partial charge is 0.452 e. The van der Waals surface area contributed by atoms with Gasteiger partial charge in [-0.3, -0.25) is 4.79 Å².